The van der Waals surface area contributed by atoms with E-state index < -0.39 is 5.54 Å². The van der Waals surface area contributed by atoms with Crippen LogP contribution in [-0.2, 0) is 11.3 Å². The highest BCUT2D eigenvalue weighted by Crippen LogP contribution is 2.32. The van der Waals surface area contributed by atoms with Crippen LogP contribution < -0.4 is 11.1 Å². The second kappa shape index (κ2) is 6.89. The molecule has 1 aromatic carbocycles. The molecule has 1 aliphatic rings. The lowest BCUT2D eigenvalue weighted by Crippen LogP contribution is -2.51. The number of anilines is 1. The molecule has 5 nitrogen and oxygen atoms in total. The number of nitrogens with one attached hydrogen (secondary N) is 1. The second-order valence-corrected chi connectivity index (χ2v) is 6.53. The van der Waals surface area contributed by atoms with Gasteiger partial charge in [0, 0.05) is 23.2 Å². The van der Waals surface area contributed by atoms with Gasteiger partial charge >= 0.3 is 0 Å². The number of hydrogen-bond donors (Lipinski definition) is 2. The average Bonchev–Trinajstić information content (AvgIpc) is 2.89. The van der Waals surface area contributed by atoms with Crippen LogP contribution in [0.4, 0.5) is 5.69 Å². The predicted molar refractivity (Wildman–Crippen MR) is 95.8 cm³/mol. The number of fused-ring (bicyclic) bond motifs is 1. The summed E-state index contributed by atoms with van der Waals surface area (Å²) in [7, 11) is 0. The van der Waals surface area contributed by atoms with Crippen molar-refractivity contribution in [3.8, 4) is 0 Å². The lowest BCUT2D eigenvalue weighted by Gasteiger charge is -2.37. The van der Waals surface area contributed by atoms with Crippen LogP contribution in [0.5, 0.6) is 0 Å². The molecule has 3 N–H and O–H groups in total. The standard InChI is InChI=1S/C17H24N4O.ClH/c1-3-21-15-10-13(8-7-12(15)11-19-21)20-16(22)14-6-4-5-9-17(14,2)18;/h7-8,10-11,14H,3-6,9,18H2,1-2H3,(H,20,22);1H. The number of nitrogens with two attached hydrogens (primary N) is 1. The maximum absolute atomic E-state index is 12.6. The van der Waals surface area contributed by atoms with Crippen LogP contribution >= 0.6 is 12.4 Å². The van der Waals surface area contributed by atoms with Crippen molar-refractivity contribution in [1.29, 1.82) is 0 Å². The summed E-state index contributed by atoms with van der Waals surface area (Å²) in [6, 6.07) is 5.91. The van der Waals surface area contributed by atoms with Crippen LogP contribution in [0.2, 0.25) is 0 Å². The first-order valence-corrected chi connectivity index (χ1v) is 8.06. The largest absolute Gasteiger partial charge is 0.326 e. The summed E-state index contributed by atoms with van der Waals surface area (Å²) in [5, 5.41) is 8.46. The van der Waals surface area contributed by atoms with Gasteiger partial charge in [0.2, 0.25) is 5.91 Å². The third-order valence-electron chi connectivity index (χ3n) is 4.78. The molecule has 0 saturated heterocycles. The van der Waals surface area contributed by atoms with Crippen LogP contribution in [-0.4, -0.2) is 21.2 Å². The first-order chi connectivity index (χ1) is 10.5. The molecule has 2 unspecified atom stereocenters. The lowest BCUT2D eigenvalue weighted by atomic mass is 9.74. The Labute approximate surface area is 143 Å². The molecule has 6 heteroatoms. The van der Waals surface area contributed by atoms with Gasteiger partial charge in [-0.3, -0.25) is 9.48 Å². The number of benzene rings is 1. The molecular weight excluding hydrogens is 312 g/mol. The topological polar surface area (TPSA) is 72.9 Å². The number of hydrogen-bond acceptors (Lipinski definition) is 3. The summed E-state index contributed by atoms with van der Waals surface area (Å²) in [6.07, 6.45) is 5.81. The number of nitrogens with zero attached hydrogens (tertiary/aromatic N) is 2. The Hall–Kier alpha value is -1.59. The number of aromatic nitrogens is 2. The van der Waals surface area contributed by atoms with E-state index >= 15 is 0 Å². The third kappa shape index (κ3) is 3.51. The molecule has 1 amide bonds. The van der Waals surface area contributed by atoms with Crippen LogP contribution in [0.15, 0.2) is 24.4 Å². The van der Waals surface area contributed by atoms with Crippen molar-refractivity contribution in [3.05, 3.63) is 24.4 Å². The summed E-state index contributed by atoms with van der Waals surface area (Å²) in [5.41, 5.74) is 7.77. The maximum Gasteiger partial charge on any atom is 0.229 e. The van der Waals surface area contributed by atoms with Gasteiger partial charge in [-0.15, -0.1) is 12.4 Å². The minimum atomic E-state index is -0.405. The fourth-order valence-corrected chi connectivity index (χ4v) is 3.42. The second-order valence-electron chi connectivity index (χ2n) is 6.53. The summed E-state index contributed by atoms with van der Waals surface area (Å²) < 4.78 is 1.93. The SMILES string of the molecule is CCn1ncc2ccc(NC(=O)C3CCCCC3(C)N)cc21.Cl. The summed E-state index contributed by atoms with van der Waals surface area (Å²) >= 11 is 0. The van der Waals surface area contributed by atoms with Crippen molar-refractivity contribution in [1.82, 2.24) is 9.78 Å². The van der Waals surface area contributed by atoms with Gasteiger partial charge in [0.25, 0.3) is 0 Å². The fourth-order valence-electron chi connectivity index (χ4n) is 3.42. The van der Waals surface area contributed by atoms with E-state index in [2.05, 4.69) is 17.3 Å². The highest BCUT2D eigenvalue weighted by Gasteiger charge is 2.37. The summed E-state index contributed by atoms with van der Waals surface area (Å²) in [5.74, 6) is -0.0837. The molecule has 3 rings (SSSR count). The van der Waals surface area contributed by atoms with Crippen molar-refractivity contribution in [2.24, 2.45) is 11.7 Å². The molecule has 1 fully saturated rings. The van der Waals surface area contributed by atoms with E-state index in [0.717, 1.165) is 48.8 Å². The smallest absolute Gasteiger partial charge is 0.229 e. The Morgan fingerprint density at radius 2 is 2.26 bits per heavy atom. The molecule has 2 aromatic rings. The number of rotatable bonds is 3. The number of aryl methyl sites for hydroxylation is 1. The molecule has 1 saturated carbocycles. The van der Waals surface area contributed by atoms with Gasteiger partial charge in [0.15, 0.2) is 0 Å². The van der Waals surface area contributed by atoms with Gasteiger partial charge in [-0.1, -0.05) is 12.8 Å². The summed E-state index contributed by atoms with van der Waals surface area (Å²) in [4.78, 5) is 12.6. The van der Waals surface area contributed by atoms with E-state index in [1.807, 2.05) is 36.0 Å². The van der Waals surface area contributed by atoms with E-state index in [0.29, 0.717) is 0 Å². The zero-order valence-corrected chi connectivity index (χ0v) is 14.5. The van der Waals surface area contributed by atoms with Crippen molar-refractivity contribution in [3.63, 3.8) is 0 Å². The quantitative estimate of drug-likeness (QED) is 0.903. The first kappa shape index (κ1) is 17.8. The van der Waals surface area contributed by atoms with E-state index in [-0.39, 0.29) is 24.2 Å². The van der Waals surface area contributed by atoms with Crippen LogP contribution in [0.25, 0.3) is 10.9 Å². The number of carbonyl (C=O) groups excluding carboxylic acids is 1. The highest BCUT2D eigenvalue weighted by molar-refractivity contribution is 5.95. The predicted octanol–water partition coefficient (Wildman–Crippen LogP) is 3.32. The molecule has 0 spiro atoms. The molecular formula is C17H25ClN4O. The minimum Gasteiger partial charge on any atom is -0.326 e. The molecule has 23 heavy (non-hydrogen) atoms. The molecule has 2 atom stereocenters. The molecule has 0 aliphatic heterocycles. The monoisotopic (exact) mass is 336 g/mol. The fraction of sp³-hybridized carbons (Fsp3) is 0.529. The van der Waals surface area contributed by atoms with E-state index in [9.17, 15) is 4.79 Å². The van der Waals surface area contributed by atoms with E-state index in [4.69, 9.17) is 5.73 Å². The van der Waals surface area contributed by atoms with Crippen molar-refractivity contribution in [2.75, 3.05) is 5.32 Å². The number of halogens is 1. The minimum absolute atomic E-state index is 0. The highest BCUT2D eigenvalue weighted by atomic mass is 35.5. The van der Waals surface area contributed by atoms with Gasteiger partial charge in [0.1, 0.15) is 0 Å². The first-order valence-electron chi connectivity index (χ1n) is 8.06. The van der Waals surface area contributed by atoms with Gasteiger partial charge < -0.3 is 11.1 Å². The van der Waals surface area contributed by atoms with Crippen LogP contribution in [0, 0.1) is 5.92 Å². The van der Waals surface area contributed by atoms with Gasteiger partial charge in [0.05, 0.1) is 17.6 Å². The average molecular weight is 337 g/mol. The third-order valence-corrected chi connectivity index (χ3v) is 4.78. The molecule has 0 bridgehead atoms. The maximum atomic E-state index is 12.6. The number of amides is 1. The summed E-state index contributed by atoms with van der Waals surface area (Å²) in [6.45, 7) is 4.86. The van der Waals surface area contributed by atoms with Gasteiger partial charge in [-0.25, -0.2) is 0 Å². The van der Waals surface area contributed by atoms with Gasteiger partial charge in [-0.05, 0) is 44.9 Å². The molecule has 1 aromatic heterocycles. The molecule has 1 heterocycles. The number of carbonyl (C=O) groups is 1. The Bertz CT molecular complexity index is 695. The zero-order valence-electron chi connectivity index (χ0n) is 13.7. The van der Waals surface area contributed by atoms with Crippen LogP contribution in [0.1, 0.15) is 39.5 Å². The van der Waals surface area contributed by atoms with Crippen molar-refractivity contribution in [2.45, 2.75) is 51.6 Å². The van der Waals surface area contributed by atoms with Gasteiger partial charge in [-0.2, -0.15) is 5.10 Å². The lowest BCUT2D eigenvalue weighted by molar-refractivity contribution is -0.122. The van der Waals surface area contributed by atoms with E-state index in [1.54, 1.807) is 0 Å². The zero-order chi connectivity index (χ0) is 15.7. The Morgan fingerprint density at radius 3 is 2.96 bits per heavy atom. The Kier molecular flexibility index (Phi) is 5.32. The molecule has 1 aliphatic carbocycles. The Balaban J connectivity index is 0.00000192. The van der Waals surface area contributed by atoms with Crippen molar-refractivity contribution < 1.29 is 4.79 Å². The van der Waals surface area contributed by atoms with E-state index in [1.165, 1.54) is 0 Å². The van der Waals surface area contributed by atoms with Crippen molar-refractivity contribution >= 4 is 34.9 Å². The Morgan fingerprint density at radius 1 is 1.48 bits per heavy atom. The normalized spacial score (nSPS) is 24.2. The molecule has 126 valence electrons. The van der Waals surface area contributed by atoms with Crippen LogP contribution in [0.3, 0.4) is 0 Å². The molecule has 0 radical (unpaired) electrons.